The van der Waals surface area contributed by atoms with Crippen LogP contribution in [0.4, 0.5) is 8.78 Å². The fourth-order valence-electron chi connectivity index (χ4n) is 4.29. The van der Waals surface area contributed by atoms with E-state index in [-0.39, 0.29) is 36.0 Å². The van der Waals surface area contributed by atoms with Gasteiger partial charge in [0.2, 0.25) is 5.43 Å². The van der Waals surface area contributed by atoms with E-state index in [0.29, 0.717) is 25.5 Å². The molecule has 0 aliphatic carbocycles. The Kier molecular flexibility index (Phi) is 5.53. The average Bonchev–Trinajstić information content (AvgIpc) is 2.76. The van der Waals surface area contributed by atoms with E-state index in [0.717, 1.165) is 18.3 Å². The van der Waals surface area contributed by atoms with E-state index in [1.807, 2.05) is 6.92 Å². The second kappa shape index (κ2) is 8.18. The predicted molar refractivity (Wildman–Crippen MR) is 108 cm³/mol. The molecule has 2 aliphatic heterocycles. The summed E-state index contributed by atoms with van der Waals surface area (Å²) in [6.45, 7) is 1.93. The average molecular weight is 445 g/mol. The lowest BCUT2D eigenvalue weighted by Gasteiger charge is -2.42. The van der Waals surface area contributed by atoms with Crippen LogP contribution in [0.25, 0.3) is 0 Å². The number of amides is 2. The van der Waals surface area contributed by atoms with Crippen LogP contribution in [0.5, 0.6) is 5.75 Å². The monoisotopic (exact) mass is 445 g/mol. The molecular weight excluding hydrogens is 424 g/mol. The number of rotatable bonds is 4. The summed E-state index contributed by atoms with van der Waals surface area (Å²) in [5, 5.41) is 12.8. The van der Waals surface area contributed by atoms with Crippen molar-refractivity contribution in [2.75, 3.05) is 6.54 Å². The largest absolute Gasteiger partial charge is 0.503 e. The summed E-state index contributed by atoms with van der Waals surface area (Å²) in [7, 11) is 0. The Morgan fingerprint density at radius 3 is 2.69 bits per heavy atom. The normalized spacial score (nSPS) is 20.0. The SMILES string of the molecule is CC[C@@H]1CCN2C(=O)c3c(O)c(=O)c(C(=O)NCc4ccc(F)cc4F)cn3C[C@H]2C1=O. The molecule has 168 valence electrons. The molecule has 3 heterocycles. The molecule has 2 aliphatic rings. The topological polar surface area (TPSA) is 109 Å². The first-order valence-electron chi connectivity index (χ1n) is 10.3. The molecule has 0 unspecified atom stereocenters. The third-order valence-electron chi connectivity index (χ3n) is 6.11. The van der Waals surface area contributed by atoms with Crippen LogP contribution in [-0.4, -0.2) is 44.8 Å². The first-order valence-corrected chi connectivity index (χ1v) is 10.3. The van der Waals surface area contributed by atoms with Crippen LogP contribution < -0.4 is 10.7 Å². The van der Waals surface area contributed by atoms with Gasteiger partial charge in [0.25, 0.3) is 11.8 Å². The Hall–Kier alpha value is -3.56. The predicted octanol–water partition coefficient (Wildman–Crippen LogP) is 1.59. The van der Waals surface area contributed by atoms with Crippen LogP contribution in [0.3, 0.4) is 0 Å². The van der Waals surface area contributed by atoms with Crippen molar-refractivity contribution in [3.63, 3.8) is 0 Å². The van der Waals surface area contributed by atoms with Crippen molar-refractivity contribution < 1.29 is 28.3 Å². The fourth-order valence-corrected chi connectivity index (χ4v) is 4.29. The van der Waals surface area contributed by atoms with Crippen LogP contribution in [0.2, 0.25) is 0 Å². The number of benzene rings is 1. The number of hydrogen-bond donors (Lipinski definition) is 2. The molecule has 2 atom stereocenters. The second-order valence-corrected chi connectivity index (χ2v) is 7.95. The second-order valence-electron chi connectivity index (χ2n) is 7.95. The molecule has 1 saturated heterocycles. The van der Waals surface area contributed by atoms with Gasteiger partial charge in [0.1, 0.15) is 23.2 Å². The molecule has 2 amide bonds. The van der Waals surface area contributed by atoms with E-state index < -0.39 is 46.2 Å². The van der Waals surface area contributed by atoms with Gasteiger partial charge in [-0.2, -0.15) is 0 Å². The minimum absolute atomic E-state index is 0.00580. The lowest BCUT2D eigenvalue weighted by Crippen LogP contribution is -2.57. The van der Waals surface area contributed by atoms with E-state index in [1.54, 1.807) is 0 Å². The number of nitrogens with zero attached hydrogens (tertiary/aromatic N) is 2. The summed E-state index contributed by atoms with van der Waals surface area (Å²) < 4.78 is 28.1. The van der Waals surface area contributed by atoms with Crippen LogP contribution in [0.1, 0.15) is 46.2 Å². The molecule has 0 bridgehead atoms. The molecular formula is C22H21F2N3O5. The number of halogens is 2. The molecule has 2 aromatic rings. The third-order valence-corrected chi connectivity index (χ3v) is 6.11. The molecule has 0 spiro atoms. The smallest absolute Gasteiger partial charge is 0.275 e. The van der Waals surface area contributed by atoms with E-state index in [1.165, 1.54) is 9.47 Å². The van der Waals surface area contributed by atoms with Crippen LogP contribution in [0.15, 0.2) is 29.2 Å². The molecule has 1 aromatic heterocycles. The van der Waals surface area contributed by atoms with Gasteiger partial charge >= 0.3 is 0 Å². The number of ketones is 1. The van der Waals surface area contributed by atoms with Crippen molar-refractivity contribution in [1.29, 1.82) is 0 Å². The van der Waals surface area contributed by atoms with Crippen LogP contribution in [0, 0.1) is 17.6 Å². The standard InChI is InChI=1S/C22H21F2N3O5/c1-2-11-5-6-27-16(18(11)28)10-26-9-14(19(29)20(30)17(26)22(27)32)21(31)25-8-12-3-4-13(23)7-15(12)24/h3-4,7,9,11,16,30H,2,5-6,8,10H2,1H3,(H,25,31)/t11-,16+/m1/s1. The summed E-state index contributed by atoms with van der Waals surface area (Å²) in [5.74, 6) is -4.31. The van der Waals surface area contributed by atoms with Crippen LogP contribution in [-0.2, 0) is 17.9 Å². The zero-order chi connectivity index (χ0) is 23.2. The molecule has 2 N–H and O–H groups in total. The number of Topliss-reactive ketones (excluding diaryl/α,β-unsaturated/α-hetero) is 1. The first-order chi connectivity index (χ1) is 15.2. The maximum Gasteiger partial charge on any atom is 0.275 e. The number of pyridine rings is 1. The van der Waals surface area contributed by atoms with E-state index in [2.05, 4.69) is 5.32 Å². The number of aromatic hydroxyl groups is 1. The number of aromatic nitrogens is 1. The van der Waals surface area contributed by atoms with Crippen molar-refractivity contribution in [2.45, 2.75) is 38.9 Å². The molecule has 4 rings (SSSR count). The van der Waals surface area contributed by atoms with E-state index in [4.69, 9.17) is 0 Å². The lowest BCUT2D eigenvalue weighted by atomic mass is 9.86. The number of hydrogen-bond acceptors (Lipinski definition) is 5. The number of carbonyl (C=O) groups is 3. The van der Waals surface area contributed by atoms with Crippen molar-refractivity contribution in [2.24, 2.45) is 5.92 Å². The zero-order valence-electron chi connectivity index (χ0n) is 17.2. The van der Waals surface area contributed by atoms with Crippen LogP contribution >= 0.6 is 0 Å². The summed E-state index contributed by atoms with van der Waals surface area (Å²) in [6.07, 6.45) is 2.29. The number of piperidine rings is 1. The molecule has 10 heteroatoms. The summed E-state index contributed by atoms with van der Waals surface area (Å²) in [5.41, 5.74) is -1.76. The highest BCUT2D eigenvalue weighted by atomic mass is 19.1. The molecule has 1 fully saturated rings. The number of fused-ring (bicyclic) bond motifs is 2. The highest BCUT2D eigenvalue weighted by molar-refractivity contribution is 6.02. The molecule has 0 radical (unpaired) electrons. The number of nitrogens with one attached hydrogen (secondary N) is 1. The van der Waals surface area contributed by atoms with Gasteiger partial charge in [0.15, 0.2) is 17.2 Å². The summed E-state index contributed by atoms with van der Waals surface area (Å²) in [6, 6.07) is 2.13. The minimum Gasteiger partial charge on any atom is -0.503 e. The quantitative estimate of drug-likeness (QED) is 0.743. The Bertz CT molecular complexity index is 1190. The van der Waals surface area contributed by atoms with Gasteiger partial charge in [-0.25, -0.2) is 8.78 Å². The van der Waals surface area contributed by atoms with Gasteiger partial charge in [-0.15, -0.1) is 0 Å². The van der Waals surface area contributed by atoms with Gasteiger partial charge in [0, 0.05) is 36.8 Å². The maximum absolute atomic E-state index is 13.8. The highest BCUT2D eigenvalue weighted by Crippen LogP contribution is 2.30. The molecule has 32 heavy (non-hydrogen) atoms. The third kappa shape index (κ3) is 3.55. The Balaban J connectivity index is 1.63. The van der Waals surface area contributed by atoms with Gasteiger partial charge in [-0.3, -0.25) is 19.2 Å². The van der Waals surface area contributed by atoms with Crippen molar-refractivity contribution in [3.8, 4) is 5.75 Å². The summed E-state index contributed by atoms with van der Waals surface area (Å²) >= 11 is 0. The Labute approximate surface area is 181 Å². The first kappa shape index (κ1) is 21.7. The molecule has 1 aromatic carbocycles. The van der Waals surface area contributed by atoms with Crippen molar-refractivity contribution in [3.05, 3.63) is 63.1 Å². The van der Waals surface area contributed by atoms with Crippen molar-refractivity contribution in [1.82, 2.24) is 14.8 Å². The van der Waals surface area contributed by atoms with E-state index in [9.17, 15) is 33.1 Å². The molecule has 0 saturated carbocycles. The van der Waals surface area contributed by atoms with Gasteiger partial charge < -0.3 is 19.9 Å². The summed E-state index contributed by atoms with van der Waals surface area (Å²) in [4.78, 5) is 52.2. The Morgan fingerprint density at radius 2 is 2.00 bits per heavy atom. The zero-order valence-corrected chi connectivity index (χ0v) is 17.2. The highest BCUT2D eigenvalue weighted by Gasteiger charge is 2.43. The minimum atomic E-state index is -1.05. The van der Waals surface area contributed by atoms with Gasteiger partial charge in [-0.05, 0) is 18.9 Å². The van der Waals surface area contributed by atoms with Crippen molar-refractivity contribution >= 4 is 17.6 Å². The lowest BCUT2D eigenvalue weighted by molar-refractivity contribution is -0.131. The maximum atomic E-state index is 13.8. The molecule has 8 nitrogen and oxygen atoms in total. The van der Waals surface area contributed by atoms with E-state index >= 15 is 0 Å². The number of carbonyl (C=O) groups excluding carboxylic acids is 3. The van der Waals surface area contributed by atoms with Gasteiger partial charge in [-0.1, -0.05) is 13.0 Å². The van der Waals surface area contributed by atoms with Gasteiger partial charge in [0.05, 0.1) is 6.54 Å². The Morgan fingerprint density at radius 1 is 1.25 bits per heavy atom. The fraction of sp³-hybridized carbons (Fsp3) is 0.364.